The molecule has 8 nitrogen and oxygen atoms in total. The Hall–Kier alpha value is -2.74. The fraction of sp³-hybridized carbons (Fsp3) is 0.412. The van der Waals surface area contributed by atoms with E-state index in [1.807, 2.05) is 6.92 Å². The van der Waals surface area contributed by atoms with Crippen LogP contribution in [-0.4, -0.2) is 33.3 Å². The molecule has 1 aromatic carbocycles. The molecule has 132 valence electrons. The summed E-state index contributed by atoms with van der Waals surface area (Å²) in [7, 11) is 0. The van der Waals surface area contributed by atoms with Gasteiger partial charge in [0.05, 0.1) is 22.4 Å². The SMILES string of the molecule is Cc1cc(NC(=O)CCC2CCCO2)n(-c2ccc([N+](=O)[O-])cc2)n1. The minimum Gasteiger partial charge on any atom is -0.378 e. The van der Waals surface area contributed by atoms with E-state index in [0.29, 0.717) is 24.3 Å². The Balaban J connectivity index is 1.69. The van der Waals surface area contributed by atoms with E-state index in [-0.39, 0.29) is 17.7 Å². The van der Waals surface area contributed by atoms with Crippen LogP contribution in [0.4, 0.5) is 11.5 Å². The fourth-order valence-electron chi connectivity index (χ4n) is 2.87. The molecular formula is C17H20N4O4. The maximum atomic E-state index is 12.2. The highest BCUT2D eigenvalue weighted by molar-refractivity contribution is 5.90. The molecule has 1 fully saturated rings. The number of nitro groups is 1. The lowest BCUT2D eigenvalue weighted by atomic mass is 10.1. The predicted octanol–water partition coefficient (Wildman–Crippen LogP) is 2.99. The molecule has 1 N–H and O–H groups in total. The lowest BCUT2D eigenvalue weighted by molar-refractivity contribution is -0.384. The summed E-state index contributed by atoms with van der Waals surface area (Å²) in [5.74, 6) is 0.447. The maximum absolute atomic E-state index is 12.2. The summed E-state index contributed by atoms with van der Waals surface area (Å²) < 4.78 is 7.10. The molecule has 0 bridgehead atoms. The molecule has 8 heteroatoms. The highest BCUT2D eigenvalue weighted by atomic mass is 16.6. The molecule has 0 radical (unpaired) electrons. The standard InChI is InChI=1S/C17H20N4O4/c1-12-11-16(18-17(22)9-8-15-3-2-10-25-15)20(19-12)13-4-6-14(7-5-13)21(23)24/h4-7,11,15H,2-3,8-10H2,1H3,(H,18,22). The van der Waals surface area contributed by atoms with E-state index in [1.165, 1.54) is 12.1 Å². The molecule has 25 heavy (non-hydrogen) atoms. The Kier molecular flexibility index (Phi) is 5.08. The Labute approximate surface area is 144 Å². The summed E-state index contributed by atoms with van der Waals surface area (Å²) in [6.45, 7) is 2.60. The zero-order valence-corrected chi connectivity index (χ0v) is 14.0. The number of hydrogen-bond donors (Lipinski definition) is 1. The van der Waals surface area contributed by atoms with Gasteiger partial charge in [0, 0.05) is 31.2 Å². The van der Waals surface area contributed by atoms with Crippen LogP contribution in [0.1, 0.15) is 31.4 Å². The molecule has 2 heterocycles. The normalized spacial score (nSPS) is 16.8. The van der Waals surface area contributed by atoms with Crippen molar-refractivity contribution in [1.82, 2.24) is 9.78 Å². The third-order valence-corrected chi connectivity index (χ3v) is 4.12. The maximum Gasteiger partial charge on any atom is 0.269 e. The summed E-state index contributed by atoms with van der Waals surface area (Å²) >= 11 is 0. The molecule has 0 saturated carbocycles. The third kappa shape index (κ3) is 4.21. The molecule has 1 aliphatic rings. The minimum absolute atomic E-state index is 0.00905. The Morgan fingerprint density at radius 1 is 1.44 bits per heavy atom. The number of nitrogens with one attached hydrogen (secondary N) is 1. The van der Waals surface area contributed by atoms with Crippen molar-refractivity contribution in [3.63, 3.8) is 0 Å². The molecular weight excluding hydrogens is 324 g/mol. The van der Waals surface area contributed by atoms with Gasteiger partial charge in [0.15, 0.2) is 0 Å². The number of aryl methyl sites for hydroxylation is 1. The summed E-state index contributed by atoms with van der Waals surface area (Å²) in [6, 6.07) is 7.80. The zero-order valence-electron chi connectivity index (χ0n) is 14.0. The first kappa shape index (κ1) is 17.1. The van der Waals surface area contributed by atoms with Gasteiger partial charge in [-0.15, -0.1) is 0 Å². The predicted molar refractivity (Wildman–Crippen MR) is 91.8 cm³/mol. The molecule has 1 saturated heterocycles. The molecule has 0 aliphatic carbocycles. The summed E-state index contributed by atoms with van der Waals surface area (Å²) in [5, 5.41) is 18.0. The van der Waals surface area contributed by atoms with Crippen LogP contribution in [0.15, 0.2) is 30.3 Å². The van der Waals surface area contributed by atoms with E-state index in [2.05, 4.69) is 10.4 Å². The minimum atomic E-state index is -0.452. The average molecular weight is 344 g/mol. The van der Waals surface area contributed by atoms with Crippen molar-refractivity contribution in [2.24, 2.45) is 0 Å². The van der Waals surface area contributed by atoms with Crippen LogP contribution in [0, 0.1) is 17.0 Å². The van der Waals surface area contributed by atoms with Crippen LogP contribution in [0.3, 0.4) is 0 Å². The van der Waals surface area contributed by atoms with Crippen molar-refractivity contribution < 1.29 is 14.5 Å². The quantitative estimate of drug-likeness (QED) is 0.641. The van der Waals surface area contributed by atoms with Gasteiger partial charge in [0.2, 0.25) is 5.91 Å². The van der Waals surface area contributed by atoms with E-state index in [1.54, 1.807) is 22.9 Å². The van der Waals surface area contributed by atoms with E-state index in [4.69, 9.17) is 4.74 Å². The van der Waals surface area contributed by atoms with Gasteiger partial charge in [-0.3, -0.25) is 14.9 Å². The number of rotatable bonds is 6. The molecule has 3 rings (SSSR count). The van der Waals surface area contributed by atoms with Crippen molar-refractivity contribution in [2.45, 2.75) is 38.7 Å². The molecule has 1 unspecified atom stereocenters. The molecule has 1 aliphatic heterocycles. The molecule has 2 aromatic rings. The molecule has 0 spiro atoms. The highest BCUT2D eigenvalue weighted by Gasteiger charge is 2.18. The van der Waals surface area contributed by atoms with Crippen LogP contribution in [0.5, 0.6) is 0 Å². The summed E-state index contributed by atoms with van der Waals surface area (Å²) in [6.07, 6.45) is 3.32. The number of amides is 1. The third-order valence-electron chi connectivity index (χ3n) is 4.12. The van der Waals surface area contributed by atoms with Crippen molar-refractivity contribution in [1.29, 1.82) is 0 Å². The number of hydrogen-bond acceptors (Lipinski definition) is 5. The van der Waals surface area contributed by atoms with Gasteiger partial charge in [-0.05, 0) is 38.3 Å². The summed E-state index contributed by atoms with van der Waals surface area (Å²) in [4.78, 5) is 22.5. The number of carbonyl (C=O) groups excluding carboxylic acids is 1. The fourth-order valence-corrected chi connectivity index (χ4v) is 2.87. The van der Waals surface area contributed by atoms with Crippen molar-refractivity contribution in [3.8, 4) is 5.69 Å². The number of aromatic nitrogens is 2. The van der Waals surface area contributed by atoms with Gasteiger partial charge in [-0.25, -0.2) is 4.68 Å². The van der Waals surface area contributed by atoms with Gasteiger partial charge in [0.25, 0.3) is 5.69 Å². The van der Waals surface area contributed by atoms with Crippen molar-refractivity contribution in [2.75, 3.05) is 11.9 Å². The number of anilines is 1. The van der Waals surface area contributed by atoms with E-state index in [0.717, 1.165) is 25.1 Å². The lowest BCUT2D eigenvalue weighted by Gasteiger charge is -2.11. The van der Waals surface area contributed by atoms with Gasteiger partial charge in [-0.1, -0.05) is 0 Å². The first-order valence-electron chi connectivity index (χ1n) is 8.26. The van der Waals surface area contributed by atoms with E-state index < -0.39 is 4.92 Å². The summed E-state index contributed by atoms with van der Waals surface area (Å²) in [5.41, 5.74) is 1.40. The number of carbonyl (C=O) groups is 1. The van der Waals surface area contributed by atoms with Crippen LogP contribution in [0.25, 0.3) is 5.69 Å². The number of nitro benzene ring substituents is 1. The second kappa shape index (κ2) is 7.43. The zero-order chi connectivity index (χ0) is 17.8. The largest absolute Gasteiger partial charge is 0.378 e. The topological polar surface area (TPSA) is 99.3 Å². The second-order valence-electron chi connectivity index (χ2n) is 6.08. The Bertz CT molecular complexity index is 763. The second-order valence-corrected chi connectivity index (χ2v) is 6.08. The van der Waals surface area contributed by atoms with E-state index >= 15 is 0 Å². The Morgan fingerprint density at radius 2 is 2.20 bits per heavy atom. The number of benzene rings is 1. The number of ether oxygens (including phenoxy) is 1. The Morgan fingerprint density at radius 3 is 2.84 bits per heavy atom. The number of non-ortho nitro benzene ring substituents is 1. The first-order chi connectivity index (χ1) is 12.0. The average Bonchev–Trinajstić information content (AvgIpc) is 3.22. The van der Waals surface area contributed by atoms with Crippen molar-refractivity contribution in [3.05, 3.63) is 46.1 Å². The lowest BCUT2D eigenvalue weighted by Crippen LogP contribution is -2.17. The molecule has 1 atom stereocenters. The van der Waals surface area contributed by atoms with Gasteiger partial charge < -0.3 is 10.1 Å². The number of nitrogens with zero attached hydrogens (tertiary/aromatic N) is 3. The van der Waals surface area contributed by atoms with Gasteiger partial charge in [0.1, 0.15) is 5.82 Å². The van der Waals surface area contributed by atoms with E-state index in [9.17, 15) is 14.9 Å². The van der Waals surface area contributed by atoms with Gasteiger partial charge in [-0.2, -0.15) is 5.10 Å². The monoisotopic (exact) mass is 344 g/mol. The molecule has 1 amide bonds. The molecule has 1 aromatic heterocycles. The van der Waals surface area contributed by atoms with Crippen LogP contribution >= 0.6 is 0 Å². The van der Waals surface area contributed by atoms with Crippen LogP contribution in [-0.2, 0) is 9.53 Å². The van der Waals surface area contributed by atoms with Crippen LogP contribution < -0.4 is 5.32 Å². The van der Waals surface area contributed by atoms with Gasteiger partial charge >= 0.3 is 0 Å². The highest BCUT2D eigenvalue weighted by Crippen LogP contribution is 2.21. The van der Waals surface area contributed by atoms with Crippen molar-refractivity contribution >= 4 is 17.4 Å². The van der Waals surface area contributed by atoms with Crippen LogP contribution in [0.2, 0.25) is 0 Å². The first-order valence-corrected chi connectivity index (χ1v) is 8.26. The smallest absolute Gasteiger partial charge is 0.269 e.